The Morgan fingerprint density at radius 3 is 2.63 bits per heavy atom. The van der Waals surface area contributed by atoms with Gasteiger partial charge < -0.3 is 9.15 Å². The summed E-state index contributed by atoms with van der Waals surface area (Å²) in [6.45, 7) is -0.226. The van der Waals surface area contributed by atoms with Crippen molar-refractivity contribution in [1.29, 1.82) is 0 Å². The lowest BCUT2D eigenvalue weighted by molar-refractivity contribution is -0.384. The van der Waals surface area contributed by atoms with Gasteiger partial charge in [-0.05, 0) is 24.3 Å². The first-order chi connectivity index (χ1) is 13.0. The SMILES string of the molecule is O=C(CSc1ccccc1F)OCc1nnc(-c2ccc([N+](=O)[O-])cc2)o1. The zero-order valence-corrected chi connectivity index (χ0v) is 14.5. The minimum absolute atomic E-state index is 0.0558. The summed E-state index contributed by atoms with van der Waals surface area (Å²) >= 11 is 1.02. The Morgan fingerprint density at radius 2 is 1.93 bits per heavy atom. The van der Waals surface area contributed by atoms with Gasteiger partial charge in [-0.2, -0.15) is 0 Å². The lowest BCUT2D eigenvalue weighted by Gasteiger charge is -2.03. The summed E-state index contributed by atoms with van der Waals surface area (Å²) in [5.41, 5.74) is 0.445. The smallest absolute Gasteiger partial charge is 0.316 e. The number of esters is 1. The summed E-state index contributed by atoms with van der Waals surface area (Å²) in [4.78, 5) is 22.2. The third kappa shape index (κ3) is 4.88. The third-order valence-electron chi connectivity index (χ3n) is 3.33. The van der Waals surface area contributed by atoms with Crippen LogP contribution >= 0.6 is 11.8 Å². The minimum Gasteiger partial charge on any atom is -0.455 e. The molecule has 0 radical (unpaired) electrons. The van der Waals surface area contributed by atoms with Crippen molar-refractivity contribution in [3.8, 4) is 11.5 Å². The zero-order chi connectivity index (χ0) is 19.2. The van der Waals surface area contributed by atoms with E-state index in [0.29, 0.717) is 10.5 Å². The molecule has 0 spiro atoms. The van der Waals surface area contributed by atoms with Crippen molar-refractivity contribution in [3.63, 3.8) is 0 Å². The predicted molar refractivity (Wildman–Crippen MR) is 93.3 cm³/mol. The number of nitrogens with zero attached hydrogens (tertiary/aromatic N) is 3. The van der Waals surface area contributed by atoms with Gasteiger partial charge in [-0.3, -0.25) is 14.9 Å². The molecule has 0 unspecified atom stereocenters. The van der Waals surface area contributed by atoms with Crippen LogP contribution in [0.15, 0.2) is 57.8 Å². The highest BCUT2D eigenvalue weighted by molar-refractivity contribution is 8.00. The maximum absolute atomic E-state index is 13.5. The minimum atomic E-state index is -0.557. The normalized spacial score (nSPS) is 10.6. The molecule has 0 bridgehead atoms. The molecule has 3 rings (SSSR count). The molecule has 27 heavy (non-hydrogen) atoms. The second-order valence-electron chi connectivity index (χ2n) is 5.18. The van der Waals surface area contributed by atoms with Crippen LogP contribution in [-0.4, -0.2) is 26.8 Å². The third-order valence-corrected chi connectivity index (χ3v) is 4.35. The van der Waals surface area contributed by atoms with E-state index >= 15 is 0 Å². The van der Waals surface area contributed by atoms with Gasteiger partial charge in [0.2, 0.25) is 5.89 Å². The molecule has 0 saturated carbocycles. The average molecular weight is 389 g/mol. The molecule has 0 amide bonds. The summed E-state index contributed by atoms with van der Waals surface area (Å²) in [7, 11) is 0. The first-order valence-corrected chi connectivity index (χ1v) is 8.61. The van der Waals surface area contributed by atoms with Gasteiger partial charge in [-0.1, -0.05) is 12.1 Å². The molecule has 0 aliphatic carbocycles. The fourth-order valence-electron chi connectivity index (χ4n) is 2.04. The Kier molecular flexibility index (Phi) is 5.77. The number of hydrogen-bond donors (Lipinski definition) is 0. The van der Waals surface area contributed by atoms with E-state index in [9.17, 15) is 19.3 Å². The van der Waals surface area contributed by atoms with E-state index in [1.54, 1.807) is 18.2 Å². The van der Waals surface area contributed by atoms with Crippen LogP contribution < -0.4 is 0 Å². The van der Waals surface area contributed by atoms with Crippen molar-refractivity contribution >= 4 is 23.4 Å². The summed E-state index contributed by atoms with van der Waals surface area (Å²) in [6.07, 6.45) is 0. The molecule has 8 nitrogen and oxygen atoms in total. The van der Waals surface area contributed by atoms with Crippen molar-refractivity contribution in [2.75, 3.05) is 5.75 Å². The summed E-state index contributed by atoms with van der Waals surface area (Å²) in [5.74, 6) is -0.799. The van der Waals surface area contributed by atoms with Gasteiger partial charge >= 0.3 is 5.97 Å². The van der Waals surface area contributed by atoms with Crippen LogP contribution in [0.1, 0.15) is 5.89 Å². The number of aromatic nitrogens is 2. The largest absolute Gasteiger partial charge is 0.455 e. The van der Waals surface area contributed by atoms with Crippen LogP contribution in [0.5, 0.6) is 0 Å². The second kappa shape index (κ2) is 8.41. The van der Waals surface area contributed by atoms with Crippen molar-refractivity contribution < 1.29 is 23.3 Å². The van der Waals surface area contributed by atoms with E-state index in [2.05, 4.69) is 10.2 Å². The van der Waals surface area contributed by atoms with E-state index < -0.39 is 16.7 Å². The Hall–Kier alpha value is -3.27. The molecule has 2 aromatic carbocycles. The molecular formula is C17H12FN3O5S. The Balaban J connectivity index is 1.52. The van der Waals surface area contributed by atoms with Crippen LogP contribution in [0.2, 0.25) is 0 Å². The summed E-state index contributed by atoms with van der Waals surface area (Å²) < 4.78 is 23.9. The predicted octanol–water partition coefficient (Wildman–Crippen LogP) is 3.62. The number of halogens is 1. The average Bonchev–Trinajstić information content (AvgIpc) is 3.15. The highest BCUT2D eigenvalue weighted by Gasteiger charge is 2.13. The maximum atomic E-state index is 13.5. The second-order valence-corrected chi connectivity index (χ2v) is 6.20. The highest BCUT2D eigenvalue weighted by atomic mass is 32.2. The molecule has 0 N–H and O–H groups in total. The number of ether oxygens (including phenoxy) is 1. The molecule has 0 atom stereocenters. The number of carbonyl (C=O) groups excluding carboxylic acids is 1. The highest BCUT2D eigenvalue weighted by Crippen LogP contribution is 2.23. The van der Waals surface area contributed by atoms with Crippen molar-refractivity contribution in [2.45, 2.75) is 11.5 Å². The molecule has 138 valence electrons. The number of non-ortho nitro benzene ring substituents is 1. The van der Waals surface area contributed by atoms with Gasteiger partial charge in [0.1, 0.15) is 5.82 Å². The number of benzene rings is 2. The number of hydrogen-bond acceptors (Lipinski definition) is 8. The molecule has 0 saturated heterocycles. The van der Waals surface area contributed by atoms with Gasteiger partial charge in [0.15, 0.2) is 6.61 Å². The lowest BCUT2D eigenvalue weighted by Crippen LogP contribution is -2.07. The Bertz CT molecular complexity index is 961. The summed E-state index contributed by atoms with van der Waals surface area (Å²) in [6, 6.07) is 11.7. The number of nitro benzene ring substituents is 1. The van der Waals surface area contributed by atoms with E-state index in [1.807, 2.05) is 0 Å². The van der Waals surface area contributed by atoms with Gasteiger partial charge in [-0.25, -0.2) is 4.39 Å². The molecule has 1 heterocycles. The van der Waals surface area contributed by atoms with E-state index in [0.717, 1.165) is 11.8 Å². The molecule has 0 fully saturated rings. The number of nitro groups is 1. The van der Waals surface area contributed by atoms with Gasteiger partial charge in [0, 0.05) is 22.6 Å². The number of rotatable bonds is 7. The van der Waals surface area contributed by atoms with Crippen molar-refractivity contribution in [2.24, 2.45) is 0 Å². The molecule has 1 aromatic heterocycles. The summed E-state index contributed by atoms with van der Waals surface area (Å²) in [5, 5.41) is 18.2. The monoisotopic (exact) mass is 389 g/mol. The maximum Gasteiger partial charge on any atom is 0.316 e. The molecule has 0 aliphatic heterocycles. The van der Waals surface area contributed by atoms with Crippen molar-refractivity contribution in [1.82, 2.24) is 10.2 Å². The van der Waals surface area contributed by atoms with Gasteiger partial charge in [0.05, 0.1) is 10.7 Å². The Morgan fingerprint density at radius 1 is 1.19 bits per heavy atom. The van der Waals surface area contributed by atoms with Gasteiger partial charge in [-0.15, -0.1) is 22.0 Å². The van der Waals surface area contributed by atoms with Gasteiger partial charge in [0.25, 0.3) is 11.6 Å². The van der Waals surface area contributed by atoms with Crippen molar-refractivity contribution in [3.05, 3.63) is 70.4 Å². The standard InChI is InChI=1S/C17H12FN3O5S/c18-13-3-1-2-4-14(13)27-10-16(22)25-9-15-19-20-17(26-15)11-5-7-12(8-6-11)21(23)24/h1-8H,9-10H2. The van der Waals surface area contributed by atoms with E-state index in [-0.39, 0.29) is 29.8 Å². The van der Waals surface area contributed by atoms with Crippen LogP contribution in [0, 0.1) is 15.9 Å². The molecule has 10 heteroatoms. The molecule has 3 aromatic rings. The fourth-order valence-corrected chi connectivity index (χ4v) is 2.77. The molecular weight excluding hydrogens is 377 g/mol. The van der Waals surface area contributed by atoms with Crippen LogP contribution in [-0.2, 0) is 16.1 Å². The van der Waals surface area contributed by atoms with E-state index in [1.165, 1.54) is 30.3 Å². The first-order valence-electron chi connectivity index (χ1n) is 7.63. The number of thioether (sulfide) groups is 1. The lowest BCUT2D eigenvalue weighted by atomic mass is 10.2. The Labute approximate surface area is 156 Å². The number of carbonyl (C=O) groups is 1. The van der Waals surface area contributed by atoms with Crippen LogP contribution in [0.4, 0.5) is 10.1 Å². The van der Waals surface area contributed by atoms with E-state index in [4.69, 9.17) is 9.15 Å². The zero-order valence-electron chi connectivity index (χ0n) is 13.7. The van der Waals surface area contributed by atoms with Crippen LogP contribution in [0.25, 0.3) is 11.5 Å². The first kappa shape index (κ1) is 18.5. The quantitative estimate of drug-likeness (QED) is 0.261. The fraction of sp³-hybridized carbons (Fsp3) is 0.118. The molecule has 0 aliphatic rings. The van der Waals surface area contributed by atoms with Crippen LogP contribution in [0.3, 0.4) is 0 Å². The topological polar surface area (TPSA) is 108 Å².